The van der Waals surface area contributed by atoms with Gasteiger partial charge in [-0.3, -0.25) is 4.90 Å². The van der Waals surface area contributed by atoms with E-state index < -0.39 is 0 Å². The number of aryl methyl sites for hydroxylation is 1. The molecule has 6 heteroatoms. The molecule has 0 aromatic carbocycles. The van der Waals surface area contributed by atoms with Crippen LogP contribution in [0.25, 0.3) is 11.0 Å². The Morgan fingerprint density at radius 3 is 2.70 bits per heavy atom. The van der Waals surface area contributed by atoms with E-state index in [0.717, 1.165) is 50.4 Å². The lowest BCUT2D eigenvalue weighted by Gasteiger charge is -2.26. The number of halogens is 1. The van der Waals surface area contributed by atoms with E-state index in [2.05, 4.69) is 33.3 Å². The number of nitrogens with zero attached hydrogens (tertiary/aromatic N) is 4. The Labute approximate surface area is 123 Å². The van der Waals surface area contributed by atoms with Gasteiger partial charge in [-0.15, -0.1) is 0 Å². The number of fused-ring (bicyclic) bond motifs is 1. The first kappa shape index (κ1) is 13.8. The molecular weight excluding hydrogens is 276 g/mol. The first-order valence-corrected chi connectivity index (χ1v) is 7.32. The van der Waals surface area contributed by atoms with E-state index in [1.165, 1.54) is 17.6 Å². The van der Waals surface area contributed by atoms with Gasteiger partial charge in [0.15, 0.2) is 0 Å². The van der Waals surface area contributed by atoms with Gasteiger partial charge < -0.3 is 9.30 Å². The van der Waals surface area contributed by atoms with E-state index in [9.17, 15) is 0 Å². The SMILES string of the molecule is Cc1c(C)n(CCN2CCOCC2)c2ncnc(Cl)c12. The summed E-state index contributed by atoms with van der Waals surface area (Å²) in [4.78, 5) is 10.9. The molecule has 0 unspecified atom stereocenters. The van der Waals surface area contributed by atoms with Crippen molar-refractivity contribution in [1.29, 1.82) is 0 Å². The van der Waals surface area contributed by atoms with Crippen LogP contribution in [0.1, 0.15) is 11.3 Å². The van der Waals surface area contributed by atoms with Crippen molar-refractivity contribution in [3.63, 3.8) is 0 Å². The van der Waals surface area contributed by atoms with E-state index in [1.807, 2.05) is 0 Å². The van der Waals surface area contributed by atoms with Crippen LogP contribution >= 0.6 is 11.6 Å². The predicted octanol–water partition coefficient (Wildman–Crippen LogP) is 2.03. The molecule has 2 aromatic rings. The molecule has 0 bridgehead atoms. The van der Waals surface area contributed by atoms with Crippen LogP contribution in [0.4, 0.5) is 0 Å². The Morgan fingerprint density at radius 1 is 1.20 bits per heavy atom. The van der Waals surface area contributed by atoms with Crippen molar-refractivity contribution in [3.8, 4) is 0 Å². The maximum atomic E-state index is 6.21. The third-order valence-corrected chi connectivity index (χ3v) is 4.39. The number of rotatable bonds is 3. The summed E-state index contributed by atoms with van der Waals surface area (Å²) in [6.45, 7) is 9.81. The average molecular weight is 295 g/mol. The lowest BCUT2D eigenvalue weighted by atomic mass is 10.2. The fraction of sp³-hybridized carbons (Fsp3) is 0.571. The molecule has 0 N–H and O–H groups in total. The minimum absolute atomic E-state index is 0.542. The molecule has 20 heavy (non-hydrogen) atoms. The van der Waals surface area contributed by atoms with Crippen molar-refractivity contribution >= 4 is 22.6 Å². The van der Waals surface area contributed by atoms with Gasteiger partial charge in [0.25, 0.3) is 0 Å². The van der Waals surface area contributed by atoms with Crippen LogP contribution in [0.3, 0.4) is 0 Å². The normalized spacial score (nSPS) is 16.9. The van der Waals surface area contributed by atoms with E-state index in [0.29, 0.717) is 5.15 Å². The lowest BCUT2D eigenvalue weighted by molar-refractivity contribution is 0.0364. The molecule has 108 valence electrons. The van der Waals surface area contributed by atoms with Crippen LogP contribution in [0.2, 0.25) is 5.15 Å². The van der Waals surface area contributed by atoms with Gasteiger partial charge in [-0.25, -0.2) is 9.97 Å². The van der Waals surface area contributed by atoms with Crippen LogP contribution in [0.5, 0.6) is 0 Å². The molecule has 0 radical (unpaired) electrons. The molecule has 0 saturated carbocycles. The highest BCUT2D eigenvalue weighted by Gasteiger charge is 2.16. The maximum absolute atomic E-state index is 6.21. The highest BCUT2D eigenvalue weighted by atomic mass is 35.5. The summed E-state index contributed by atoms with van der Waals surface area (Å²) in [6, 6.07) is 0. The summed E-state index contributed by atoms with van der Waals surface area (Å²) in [7, 11) is 0. The molecule has 1 saturated heterocycles. The number of hydrogen-bond acceptors (Lipinski definition) is 4. The first-order valence-electron chi connectivity index (χ1n) is 6.94. The standard InChI is InChI=1S/C14H19ClN4O/c1-10-11(2)19(4-3-18-5-7-20-8-6-18)14-12(10)13(15)16-9-17-14/h9H,3-8H2,1-2H3. The van der Waals surface area contributed by atoms with E-state index in [4.69, 9.17) is 16.3 Å². The fourth-order valence-electron chi connectivity index (χ4n) is 2.76. The van der Waals surface area contributed by atoms with Gasteiger partial charge in [-0.1, -0.05) is 11.6 Å². The molecule has 0 amide bonds. The van der Waals surface area contributed by atoms with Gasteiger partial charge in [0.05, 0.1) is 18.6 Å². The summed E-state index contributed by atoms with van der Waals surface area (Å²) in [6.07, 6.45) is 1.54. The van der Waals surface area contributed by atoms with Crippen molar-refractivity contribution < 1.29 is 4.74 Å². The fourth-order valence-corrected chi connectivity index (χ4v) is 3.03. The number of morpholine rings is 1. The second-order valence-corrected chi connectivity index (χ2v) is 5.54. The largest absolute Gasteiger partial charge is 0.379 e. The van der Waals surface area contributed by atoms with Crippen LogP contribution < -0.4 is 0 Å². The topological polar surface area (TPSA) is 43.2 Å². The monoisotopic (exact) mass is 294 g/mol. The average Bonchev–Trinajstić information content (AvgIpc) is 2.71. The van der Waals surface area contributed by atoms with Gasteiger partial charge in [0.2, 0.25) is 0 Å². The minimum atomic E-state index is 0.542. The quantitative estimate of drug-likeness (QED) is 0.813. The van der Waals surface area contributed by atoms with Gasteiger partial charge in [-0.05, 0) is 19.4 Å². The van der Waals surface area contributed by atoms with Gasteiger partial charge in [-0.2, -0.15) is 0 Å². The van der Waals surface area contributed by atoms with Crippen molar-refractivity contribution in [1.82, 2.24) is 19.4 Å². The molecule has 1 fully saturated rings. The zero-order chi connectivity index (χ0) is 14.1. The van der Waals surface area contributed by atoms with Gasteiger partial charge in [0.1, 0.15) is 17.1 Å². The van der Waals surface area contributed by atoms with Crippen LogP contribution in [-0.4, -0.2) is 52.3 Å². The molecule has 0 spiro atoms. The van der Waals surface area contributed by atoms with Crippen molar-refractivity contribution in [2.24, 2.45) is 0 Å². The summed E-state index contributed by atoms with van der Waals surface area (Å²) < 4.78 is 7.62. The van der Waals surface area contributed by atoms with Gasteiger partial charge >= 0.3 is 0 Å². The van der Waals surface area contributed by atoms with Crippen molar-refractivity contribution in [2.45, 2.75) is 20.4 Å². The number of hydrogen-bond donors (Lipinski definition) is 0. The maximum Gasteiger partial charge on any atom is 0.145 e. The highest BCUT2D eigenvalue weighted by molar-refractivity contribution is 6.34. The molecule has 1 aliphatic rings. The molecule has 3 rings (SSSR count). The van der Waals surface area contributed by atoms with E-state index >= 15 is 0 Å². The second kappa shape index (κ2) is 5.68. The Kier molecular flexibility index (Phi) is 3.92. The van der Waals surface area contributed by atoms with E-state index in [-0.39, 0.29) is 0 Å². The smallest absolute Gasteiger partial charge is 0.145 e. The molecule has 2 aromatic heterocycles. The van der Waals surface area contributed by atoms with Crippen molar-refractivity contribution in [3.05, 3.63) is 22.7 Å². The molecular formula is C14H19ClN4O. The van der Waals surface area contributed by atoms with Crippen molar-refractivity contribution in [2.75, 3.05) is 32.8 Å². The molecule has 1 aliphatic heterocycles. The van der Waals surface area contributed by atoms with Crippen LogP contribution in [0, 0.1) is 13.8 Å². The third kappa shape index (κ3) is 2.41. The lowest BCUT2D eigenvalue weighted by Crippen LogP contribution is -2.38. The molecule has 3 heterocycles. The Morgan fingerprint density at radius 2 is 1.95 bits per heavy atom. The second-order valence-electron chi connectivity index (χ2n) is 5.18. The summed E-state index contributed by atoms with van der Waals surface area (Å²) in [5, 5.41) is 1.52. The minimum Gasteiger partial charge on any atom is -0.379 e. The Balaban J connectivity index is 1.87. The zero-order valence-corrected chi connectivity index (χ0v) is 12.7. The number of aromatic nitrogens is 3. The van der Waals surface area contributed by atoms with Gasteiger partial charge in [0, 0.05) is 31.9 Å². The molecule has 5 nitrogen and oxygen atoms in total. The molecule has 0 aliphatic carbocycles. The van der Waals surface area contributed by atoms with E-state index in [1.54, 1.807) is 0 Å². The zero-order valence-electron chi connectivity index (χ0n) is 11.9. The highest BCUT2D eigenvalue weighted by Crippen LogP contribution is 2.28. The van der Waals surface area contributed by atoms with Crippen LogP contribution in [0.15, 0.2) is 6.33 Å². The Bertz CT molecular complexity index is 619. The first-order chi connectivity index (χ1) is 9.68. The Hall–Kier alpha value is -1.17. The predicted molar refractivity (Wildman–Crippen MR) is 79.3 cm³/mol. The summed E-state index contributed by atoms with van der Waals surface area (Å²) in [5.74, 6) is 0. The summed E-state index contributed by atoms with van der Waals surface area (Å²) >= 11 is 6.21. The van der Waals surface area contributed by atoms with Crippen LogP contribution in [-0.2, 0) is 11.3 Å². The third-order valence-electron chi connectivity index (χ3n) is 4.10. The number of ether oxygens (including phenoxy) is 1. The molecule has 0 atom stereocenters. The summed E-state index contributed by atoms with van der Waals surface area (Å²) in [5.41, 5.74) is 3.33.